The van der Waals surface area contributed by atoms with Crippen LogP contribution >= 0.6 is 0 Å². The van der Waals surface area contributed by atoms with E-state index in [0.29, 0.717) is 22.7 Å². The van der Waals surface area contributed by atoms with Crippen molar-refractivity contribution < 1.29 is 8.78 Å². The Morgan fingerprint density at radius 1 is 1.00 bits per heavy atom. The molecular weight excluding hydrogens is 472 g/mol. The van der Waals surface area contributed by atoms with Gasteiger partial charge in [0, 0.05) is 30.9 Å². The largest absolute Gasteiger partial charge is 0.326 e. The van der Waals surface area contributed by atoms with E-state index in [0.717, 1.165) is 37.7 Å². The number of piperidine rings is 1. The predicted molar refractivity (Wildman–Crippen MR) is 143 cm³/mol. The van der Waals surface area contributed by atoms with Crippen LogP contribution in [0.5, 0.6) is 0 Å². The number of hydrogen-bond acceptors (Lipinski definition) is 6. The number of likely N-dealkylation sites (tertiary alicyclic amines) is 1. The van der Waals surface area contributed by atoms with Crippen molar-refractivity contribution in [3.8, 4) is 11.3 Å². The molecule has 9 heteroatoms. The van der Waals surface area contributed by atoms with E-state index in [9.17, 15) is 8.78 Å². The Hall–Kier alpha value is -3.72. The molecule has 0 saturated carbocycles. The minimum atomic E-state index is -0.639. The molecule has 1 saturated heterocycles. The Balaban J connectivity index is 1.42. The van der Waals surface area contributed by atoms with Crippen LogP contribution < -0.4 is 5.32 Å². The molecule has 0 atom stereocenters. The zero-order valence-corrected chi connectivity index (χ0v) is 21.8. The third kappa shape index (κ3) is 4.96. The molecule has 1 aliphatic heterocycles. The molecule has 1 fully saturated rings. The topological polar surface area (TPSA) is 71.8 Å². The molecule has 7 nitrogen and oxygen atoms in total. The van der Waals surface area contributed by atoms with Crippen LogP contribution in [0, 0.1) is 18.6 Å². The number of pyridine rings is 1. The van der Waals surface area contributed by atoms with Gasteiger partial charge in [-0.05, 0) is 83.0 Å². The van der Waals surface area contributed by atoms with E-state index in [1.165, 1.54) is 17.2 Å². The van der Waals surface area contributed by atoms with E-state index in [2.05, 4.69) is 44.1 Å². The Morgan fingerprint density at radius 3 is 2.43 bits per heavy atom. The quantitative estimate of drug-likeness (QED) is 0.345. The number of imidazole rings is 1. The first-order chi connectivity index (χ1) is 17.7. The third-order valence-corrected chi connectivity index (χ3v) is 7.02. The fourth-order valence-corrected chi connectivity index (χ4v) is 4.96. The van der Waals surface area contributed by atoms with Crippen LogP contribution in [0.25, 0.3) is 27.9 Å². The zero-order chi connectivity index (χ0) is 26.3. The smallest absolute Gasteiger partial charge is 0.229 e. The number of fused-ring (bicyclic) bond motifs is 1. The fourth-order valence-electron chi connectivity index (χ4n) is 4.96. The molecule has 1 aliphatic rings. The van der Waals surface area contributed by atoms with E-state index >= 15 is 0 Å². The monoisotopic (exact) mass is 503 g/mol. The minimum absolute atomic E-state index is 0.00641. The molecule has 0 radical (unpaired) electrons. The molecule has 1 N–H and O–H groups in total. The normalized spacial score (nSPS) is 14.5. The minimum Gasteiger partial charge on any atom is -0.326 e. The summed E-state index contributed by atoms with van der Waals surface area (Å²) in [6.45, 7) is 10.1. The van der Waals surface area contributed by atoms with Crippen LogP contribution in [-0.4, -0.2) is 49.5 Å². The van der Waals surface area contributed by atoms with Gasteiger partial charge in [-0.2, -0.15) is 0 Å². The number of rotatable bonds is 5. The average molecular weight is 504 g/mol. The summed E-state index contributed by atoms with van der Waals surface area (Å²) >= 11 is 0. The highest BCUT2D eigenvalue weighted by Gasteiger charge is 2.19. The molecule has 5 rings (SSSR count). The van der Waals surface area contributed by atoms with Gasteiger partial charge in [0.05, 0.1) is 11.7 Å². The Labute approximate surface area is 215 Å². The molecule has 192 valence electrons. The summed E-state index contributed by atoms with van der Waals surface area (Å²) < 4.78 is 31.7. The highest BCUT2D eigenvalue weighted by molar-refractivity contribution is 5.83. The van der Waals surface area contributed by atoms with Crippen molar-refractivity contribution in [3.63, 3.8) is 0 Å². The standard InChI is InChI=1S/C28H31F2N7/c1-16(2)37-18(4)33-27-22(29)12-21(13-24(27)37)26-23(30)15-32-28(35-26)34-25-7-6-20(14-31-25)17(3)19-8-10-36(5)11-9-19/h6-7,12-16H,8-11H2,1-5H3,(H,31,32,34,35). The maximum Gasteiger partial charge on any atom is 0.229 e. The van der Waals surface area contributed by atoms with E-state index in [-0.39, 0.29) is 23.2 Å². The van der Waals surface area contributed by atoms with Gasteiger partial charge in [0.25, 0.3) is 0 Å². The van der Waals surface area contributed by atoms with Crippen molar-refractivity contribution in [2.75, 3.05) is 25.5 Å². The summed E-state index contributed by atoms with van der Waals surface area (Å²) in [6, 6.07) is 6.93. The lowest BCUT2D eigenvalue weighted by atomic mass is 9.95. The lowest BCUT2D eigenvalue weighted by molar-refractivity contribution is 0.313. The molecule has 0 unspecified atom stereocenters. The molecule has 4 heterocycles. The number of halogens is 2. The Bertz CT molecular complexity index is 1480. The van der Waals surface area contributed by atoms with Gasteiger partial charge < -0.3 is 14.8 Å². The van der Waals surface area contributed by atoms with E-state index < -0.39 is 11.6 Å². The second-order valence-electron chi connectivity index (χ2n) is 9.93. The summed E-state index contributed by atoms with van der Waals surface area (Å²) in [5.74, 6) is 0.255. The van der Waals surface area contributed by atoms with Gasteiger partial charge in [-0.1, -0.05) is 5.57 Å². The van der Waals surface area contributed by atoms with Gasteiger partial charge in [0.2, 0.25) is 5.95 Å². The molecule has 0 spiro atoms. The van der Waals surface area contributed by atoms with Crippen LogP contribution in [0.1, 0.15) is 51.0 Å². The van der Waals surface area contributed by atoms with Crippen LogP contribution in [0.4, 0.5) is 20.5 Å². The van der Waals surface area contributed by atoms with Crippen molar-refractivity contribution in [1.29, 1.82) is 0 Å². The highest BCUT2D eigenvalue weighted by Crippen LogP contribution is 2.31. The van der Waals surface area contributed by atoms with Gasteiger partial charge >= 0.3 is 0 Å². The number of aryl methyl sites for hydroxylation is 1. The van der Waals surface area contributed by atoms with Gasteiger partial charge in [-0.3, -0.25) is 0 Å². The van der Waals surface area contributed by atoms with E-state index in [1.807, 2.05) is 43.7 Å². The maximum absolute atomic E-state index is 15.0. The van der Waals surface area contributed by atoms with Crippen molar-refractivity contribution in [1.82, 2.24) is 29.4 Å². The first kappa shape index (κ1) is 25.0. The molecule has 4 aromatic rings. The van der Waals surface area contributed by atoms with Crippen molar-refractivity contribution >= 4 is 28.4 Å². The molecule has 37 heavy (non-hydrogen) atoms. The molecule has 3 aromatic heterocycles. The lowest BCUT2D eigenvalue weighted by Crippen LogP contribution is -2.26. The SMILES string of the molecule is CC(=C1CCN(C)CC1)c1ccc(Nc2ncc(F)c(-c3cc(F)c4nc(C)n(C(C)C)c4c3)n2)nc1. The number of anilines is 2. The summed E-state index contributed by atoms with van der Waals surface area (Å²) in [5, 5.41) is 3.04. The Kier molecular flexibility index (Phi) is 6.72. The van der Waals surface area contributed by atoms with Gasteiger partial charge in [0.1, 0.15) is 22.9 Å². The summed E-state index contributed by atoms with van der Waals surface area (Å²) in [5.41, 5.74) is 4.99. The van der Waals surface area contributed by atoms with Crippen molar-refractivity contribution in [2.45, 2.75) is 46.6 Å². The molecule has 1 aromatic carbocycles. The number of benzene rings is 1. The number of nitrogens with one attached hydrogen (secondary N) is 1. The number of allylic oxidation sites excluding steroid dienone is 1. The van der Waals surface area contributed by atoms with Crippen molar-refractivity contribution in [3.05, 3.63) is 65.3 Å². The molecule has 0 aliphatic carbocycles. The molecule has 0 bridgehead atoms. The lowest BCUT2D eigenvalue weighted by Gasteiger charge is -2.25. The highest BCUT2D eigenvalue weighted by atomic mass is 19.1. The predicted octanol–water partition coefficient (Wildman–Crippen LogP) is 6.30. The number of nitrogens with zero attached hydrogens (tertiary/aromatic N) is 6. The maximum atomic E-state index is 15.0. The number of aromatic nitrogens is 5. The first-order valence-corrected chi connectivity index (χ1v) is 12.5. The average Bonchev–Trinajstić information content (AvgIpc) is 3.22. The number of hydrogen-bond donors (Lipinski definition) is 1. The third-order valence-electron chi connectivity index (χ3n) is 7.02. The van der Waals surface area contributed by atoms with E-state index in [1.54, 1.807) is 6.07 Å². The summed E-state index contributed by atoms with van der Waals surface area (Å²) in [6.07, 6.45) is 5.05. The first-order valence-electron chi connectivity index (χ1n) is 12.5. The van der Waals surface area contributed by atoms with Gasteiger partial charge in [-0.15, -0.1) is 0 Å². The van der Waals surface area contributed by atoms with Crippen LogP contribution in [-0.2, 0) is 0 Å². The summed E-state index contributed by atoms with van der Waals surface area (Å²) in [7, 11) is 2.15. The second-order valence-corrected chi connectivity index (χ2v) is 9.93. The van der Waals surface area contributed by atoms with Gasteiger partial charge in [-0.25, -0.2) is 28.7 Å². The fraction of sp³-hybridized carbons (Fsp3) is 0.357. The van der Waals surface area contributed by atoms with E-state index in [4.69, 9.17) is 0 Å². The zero-order valence-electron chi connectivity index (χ0n) is 21.8. The van der Waals surface area contributed by atoms with Crippen LogP contribution in [0.15, 0.2) is 42.2 Å². The van der Waals surface area contributed by atoms with Crippen LogP contribution in [0.2, 0.25) is 0 Å². The van der Waals surface area contributed by atoms with Crippen LogP contribution in [0.3, 0.4) is 0 Å². The molecule has 0 amide bonds. The van der Waals surface area contributed by atoms with Crippen molar-refractivity contribution in [2.24, 2.45) is 0 Å². The molecular formula is C28H31F2N7. The Morgan fingerprint density at radius 2 is 1.76 bits per heavy atom. The second kappa shape index (κ2) is 9.97. The summed E-state index contributed by atoms with van der Waals surface area (Å²) in [4.78, 5) is 19.6. The van der Waals surface area contributed by atoms with Gasteiger partial charge in [0.15, 0.2) is 11.6 Å².